The number of pyridine rings is 2. The molecule has 7 nitrogen and oxygen atoms in total. The van der Waals surface area contributed by atoms with Crippen LogP contribution in [-0.4, -0.2) is 72.3 Å². The summed E-state index contributed by atoms with van der Waals surface area (Å²) in [6.45, 7) is 9.86. The Kier molecular flexibility index (Phi) is 9.81. The minimum atomic E-state index is -0.237. The van der Waals surface area contributed by atoms with Crippen LogP contribution in [0.3, 0.4) is 0 Å². The van der Waals surface area contributed by atoms with Gasteiger partial charge in [0, 0.05) is 13.1 Å². The third-order valence-corrected chi connectivity index (χ3v) is 3.87. The van der Waals surface area contributed by atoms with Crippen LogP contribution < -0.4 is 15.2 Å². The van der Waals surface area contributed by atoms with Crippen molar-refractivity contribution in [1.29, 1.82) is 0 Å². The van der Waals surface area contributed by atoms with Gasteiger partial charge in [0.15, 0.2) is 0 Å². The Morgan fingerprint density at radius 1 is 0.800 bits per heavy atom. The van der Waals surface area contributed by atoms with Gasteiger partial charge in [-0.15, -0.1) is 0 Å². The third-order valence-electron chi connectivity index (χ3n) is 3.64. The normalized spacial score (nSPS) is 11.8. The molecule has 168 valence electrons. The zero-order chi connectivity index (χ0) is 22.9. The first-order valence-electron chi connectivity index (χ1n) is 9.78. The Bertz CT molecular complexity index is 682. The van der Waals surface area contributed by atoms with Crippen molar-refractivity contribution in [2.75, 3.05) is 47.0 Å². The predicted molar refractivity (Wildman–Crippen MR) is 124 cm³/mol. The van der Waals surface area contributed by atoms with Crippen molar-refractivity contribution in [1.82, 2.24) is 19.8 Å². The fourth-order valence-electron chi connectivity index (χ4n) is 3.10. The quantitative estimate of drug-likeness (QED) is 0.628. The summed E-state index contributed by atoms with van der Waals surface area (Å²) in [4.78, 5) is 12.1. The Balaban J connectivity index is 0.000000300. The molecule has 0 bridgehead atoms. The van der Waals surface area contributed by atoms with Gasteiger partial charge in [0.05, 0.1) is 12.4 Å². The molecule has 8 heteroatoms. The molecule has 0 radical (unpaired) electrons. The van der Waals surface area contributed by atoms with Gasteiger partial charge in [0.25, 0.3) is 0 Å². The molecule has 0 unspecified atom stereocenters. The number of ether oxygens (including phenoxy) is 2. The van der Waals surface area contributed by atoms with E-state index in [0.29, 0.717) is 11.0 Å². The Labute approximate surface area is 186 Å². The van der Waals surface area contributed by atoms with E-state index < -0.39 is 0 Å². The molecule has 0 saturated carbocycles. The molecule has 0 aliphatic carbocycles. The van der Waals surface area contributed by atoms with Crippen LogP contribution in [0.25, 0.3) is 0 Å². The maximum atomic E-state index is 5.81. The summed E-state index contributed by atoms with van der Waals surface area (Å²) in [5, 5.41) is 0.479. The second-order valence-corrected chi connectivity index (χ2v) is 9.32. The average Bonchev–Trinajstić information content (AvgIpc) is 2.57. The SMILES string of the molecule is CN(C)CC(C)(C)Oc1ccc(Cl)nc1.CN(C)CC(C)(C)Oc1ccc(N)nc1. The van der Waals surface area contributed by atoms with Crippen LogP contribution in [-0.2, 0) is 0 Å². The van der Waals surface area contributed by atoms with Crippen molar-refractivity contribution in [2.45, 2.75) is 38.9 Å². The van der Waals surface area contributed by atoms with Crippen molar-refractivity contribution in [3.8, 4) is 11.5 Å². The molecule has 0 atom stereocenters. The number of hydrogen-bond acceptors (Lipinski definition) is 7. The van der Waals surface area contributed by atoms with Crippen LogP contribution in [0.1, 0.15) is 27.7 Å². The summed E-state index contributed by atoms with van der Waals surface area (Å²) in [5.41, 5.74) is 5.02. The summed E-state index contributed by atoms with van der Waals surface area (Å²) >= 11 is 5.69. The fourth-order valence-corrected chi connectivity index (χ4v) is 3.21. The van der Waals surface area contributed by atoms with Crippen LogP contribution in [0.5, 0.6) is 11.5 Å². The molecule has 0 aliphatic heterocycles. The third kappa shape index (κ3) is 11.2. The molecule has 0 spiro atoms. The average molecular weight is 438 g/mol. The molecule has 2 aromatic rings. The molecule has 30 heavy (non-hydrogen) atoms. The number of hydrogen-bond donors (Lipinski definition) is 1. The van der Waals surface area contributed by atoms with Crippen molar-refractivity contribution >= 4 is 17.4 Å². The second-order valence-electron chi connectivity index (χ2n) is 8.93. The van der Waals surface area contributed by atoms with E-state index in [4.69, 9.17) is 26.8 Å². The number of nitrogen functional groups attached to an aromatic ring is 1. The van der Waals surface area contributed by atoms with E-state index in [1.54, 1.807) is 24.5 Å². The van der Waals surface area contributed by atoms with Crippen molar-refractivity contribution in [3.63, 3.8) is 0 Å². The predicted octanol–water partition coefficient (Wildman–Crippen LogP) is 3.84. The summed E-state index contributed by atoms with van der Waals surface area (Å²) in [5.74, 6) is 2.00. The highest BCUT2D eigenvalue weighted by Gasteiger charge is 2.21. The lowest BCUT2D eigenvalue weighted by atomic mass is 10.1. The van der Waals surface area contributed by atoms with Gasteiger partial charge in [-0.05, 0) is 80.2 Å². The number of likely N-dealkylation sites (N-methyl/N-ethyl adjacent to an activating group) is 2. The number of aromatic nitrogens is 2. The maximum absolute atomic E-state index is 5.81. The highest BCUT2D eigenvalue weighted by Crippen LogP contribution is 2.19. The number of nitrogens with zero attached hydrogens (tertiary/aromatic N) is 4. The Morgan fingerprint density at radius 3 is 1.57 bits per heavy atom. The van der Waals surface area contributed by atoms with Crippen molar-refractivity contribution in [2.24, 2.45) is 0 Å². The molecular formula is C22H36ClN5O2. The van der Waals surface area contributed by atoms with Crippen LogP contribution >= 0.6 is 11.6 Å². The molecule has 0 saturated heterocycles. The lowest BCUT2D eigenvalue weighted by Crippen LogP contribution is -2.39. The Morgan fingerprint density at radius 2 is 1.23 bits per heavy atom. The first-order valence-corrected chi connectivity index (χ1v) is 10.2. The van der Waals surface area contributed by atoms with Gasteiger partial charge in [-0.25, -0.2) is 9.97 Å². The van der Waals surface area contributed by atoms with E-state index in [-0.39, 0.29) is 11.2 Å². The van der Waals surface area contributed by atoms with E-state index in [1.165, 1.54) is 0 Å². The van der Waals surface area contributed by atoms with Gasteiger partial charge in [-0.3, -0.25) is 0 Å². The summed E-state index contributed by atoms with van der Waals surface area (Å²) in [6.07, 6.45) is 3.28. The monoisotopic (exact) mass is 437 g/mol. The zero-order valence-corrected chi connectivity index (χ0v) is 20.2. The molecule has 0 amide bonds. The first-order chi connectivity index (χ1) is 13.8. The highest BCUT2D eigenvalue weighted by atomic mass is 35.5. The maximum Gasteiger partial charge on any atom is 0.138 e. The van der Waals surface area contributed by atoms with Crippen LogP contribution in [0, 0.1) is 0 Å². The fraction of sp³-hybridized carbons (Fsp3) is 0.545. The summed E-state index contributed by atoms with van der Waals surface area (Å²) in [7, 11) is 8.08. The molecule has 2 aromatic heterocycles. The van der Waals surface area contributed by atoms with Gasteiger partial charge in [0.1, 0.15) is 33.7 Å². The first kappa shape index (κ1) is 25.9. The minimum absolute atomic E-state index is 0.235. The van der Waals surface area contributed by atoms with E-state index in [0.717, 1.165) is 24.6 Å². The van der Waals surface area contributed by atoms with Gasteiger partial charge < -0.3 is 25.0 Å². The highest BCUT2D eigenvalue weighted by molar-refractivity contribution is 6.29. The minimum Gasteiger partial charge on any atom is -0.485 e. The number of nitrogens with two attached hydrogens (primary N) is 1. The standard InChI is InChI=1S/C11H17ClN2O.C11H19N3O/c2*1-11(2,8-14(3)4)15-9-5-6-10(12)13-7-9/h5-7H,8H2,1-4H3;5-7H,8H2,1-4H3,(H2,12,13). The number of rotatable bonds is 8. The molecular weight excluding hydrogens is 402 g/mol. The number of halogens is 1. The number of anilines is 1. The largest absolute Gasteiger partial charge is 0.485 e. The lowest BCUT2D eigenvalue weighted by molar-refractivity contribution is 0.0766. The summed E-state index contributed by atoms with van der Waals surface area (Å²) < 4.78 is 11.6. The van der Waals surface area contributed by atoms with E-state index in [2.05, 4.69) is 19.8 Å². The van der Waals surface area contributed by atoms with E-state index >= 15 is 0 Å². The van der Waals surface area contributed by atoms with Crippen molar-refractivity contribution in [3.05, 3.63) is 41.8 Å². The molecule has 2 heterocycles. The second kappa shape index (κ2) is 11.3. The van der Waals surface area contributed by atoms with E-state index in [9.17, 15) is 0 Å². The topological polar surface area (TPSA) is 76.7 Å². The zero-order valence-electron chi connectivity index (χ0n) is 19.4. The van der Waals surface area contributed by atoms with Gasteiger partial charge in [0.2, 0.25) is 0 Å². The molecule has 2 N–H and O–H groups in total. The summed E-state index contributed by atoms with van der Waals surface area (Å²) in [6, 6.07) is 7.12. The van der Waals surface area contributed by atoms with Gasteiger partial charge in [-0.1, -0.05) is 11.6 Å². The van der Waals surface area contributed by atoms with Gasteiger partial charge in [-0.2, -0.15) is 0 Å². The smallest absolute Gasteiger partial charge is 0.138 e. The molecule has 0 fully saturated rings. The van der Waals surface area contributed by atoms with Crippen molar-refractivity contribution < 1.29 is 9.47 Å². The van der Waals surface area contributed by atoms with Crippen LogP contribution in [0.2, 0.25) is 5.15 Å². The van der Waals surface area contributed by atoms with Crippen LogP contribution in [0.4, 0.5) is 5.82 Å². The molecule has 0 aromatic carbocycles. The van der Waals surface area contributed by atoms with Crippen LogP contribution in [0.15, 0.2) is 36.7 Å². The van der Waals surface area contributed by atoms with Gasteiger partial charge >= 0.3 is 0 Å². The molecule has 2 rings (SSSR count). The molecule has 0 aliphatic rings. The van der Waals surface area contributed by atoms with E-state index in [1.807, 2.05) is 68.0 Å². The Hall–Kier alpha value is -2.09. The lowest BCUT2D eigenvalue weighted by Gasteiger charge is -2.29.